The Labute approximate surface area is 106 Å². The van der Waals surface area contributed by atoms with Crippen LogP contribution in [0, 0.1) is 5.82 Å². The Morgan fingerprint density at radius 3 is 2.28 bits per heavy atom. The van der Waals surface area contributed by atoms with Crippen LogP contribution in [-0.2, 0) is 0 Å². The summed E-state index contributed by atoms with van der Waals surface area (Å²) >= 11 is 0. The minimum absolute atomic E-state index is 0.0957. The summed E-state index contributed by atoms with van der Waals surface area (Å²) in [6.07, 6.45) is 0.440. The molecule has 0 saturated heterocycles. The predicted octanol–water partition coefficient (Wildman–Crippen LogP) is 4.20. The fourth-order valence-corrected chi connectivity index (χ4v) is 1.93. The fraction of sp³-hybridized carbons (Fsp3) is 0.188. The van der Waals surface area contributed by atoms with Gasteiger partial charge in [0.2, 0.25) is 0 Å². The lowest BCUT2D eigenvalue weighted by Crippen LogP contribution is -2.05. The number of carbonyl (C=O) groups is 1. The molecule has 2 rings (SSSR count). The standard InChI is InChI=1S/C16H15FO/c1-12(13-7-9-15(17)10-8-13)11-16(18)14-5-3-2-4-6-14/h2-10,12H,11H2,1H3. The molecule has 0 aliphatic carbocycles. The van der Waals surface area contributed by atoms with Crippen LogP contribution in [0.2, 0.25) is 0 Å². The van der Waals surface area contributed by atoms with Gasteiger partial charge >= 0.3 is 0 Å². The summed E-state index contributed by atoms with van der Waals surface area (Å²) in [6, 6.07) is 15.6. The zero-order valence-corrected chi connectivity index (χ0v) is 10.3. The quantitative estimate of drug-likeness (QED) is 0.734. The third kappa shape index (κ3) is 3.04. The average molecular weight is 242 g/mol. The van der Waals surface area contributed by atoms with Crippen molar-refractivity contribution >= 4 is 5.78 Å². The van der Waals surface area contributed by atoms with Crippen LogP contribution in [0.1, 0.15) is 35.2 Å². The maximum absolute atomic E-state index is 12.8. The Kier molecular flexibility index (Phi) is 3.88. The molecule has 0 spiro atoms. The zero-order valence-electron chi connectivity index (χ0n) is 10.3. The van der Waals surface area contributed by atoms with Crippen LogP contribution in [-0.4, -0.2) is 5.78 Å². The number of Topliss-reactive ketones (excluding diaryl/α,β-unsaturated/α-hetero) is 1. The van der Waals surface area contributed by atoms with Crippen molar-refractivity contribution in [2.45, 2.75) is 19.3 Å². The Morgan fingerprint density at radius 1 is 1.06 bits per heavy atom. The molecule has 0 amide bonds. The van der Waals surface area contributed by atoms with Gasteiger partial charge in [0.1, 0.15) is 5.82 Å². The van der Waals surface area contributed by atoms with Crippen molar-refractivity contribution in [1.29, 1.82) is 0 Å². The van der Waals surface area contributed by atoms with Crippen LogP contribution in [0.15, 0.2) is 54.6 Å². The minimum Gasteiger partial charge on any atom is -0.294 e. The maximum atomic E-state index is 12.8. The molecular formula is C16H15FO. The molecule has 0 radical (unpaired) electrons. The Morgan fingerprint density at radius 2 is 1.67 bits per heavy atom. The second-order valence-electron chi connectivity index (χ2n) is 4.45. The number of ketones is 1. The van der Waals surface area contributed by atoms with Crippen LogP contribution in [0.3, 0.4) is 0 Å². The van der Waals surface area contributed by atoms with Crippen LogP contribution in [0.5, 0.6) is 0 Å². The highest BCUT2D eigenvalue weighted by molar-refractivity contribution is 5.96. The topological polar surface area (TPSA) is 17.1 Å². The van der Waals surface area contributed by atoms with E-state index in [1.54, 1.807) is 12.1 Å². The van der Waals surface area contributed by atoms with Crippen LogP contribution >= 0.6 is 0 Å². The Bertz CT molecular complexity index is 517. The first-order valence-electron chi connectivity index (χ1n) is 6.00. The summed E-state index contributed by atoms with van der Waals surface area (Å²) in [5, 5.41) is 0. The van der Waals surface area contributed by atoms with E-state index < -0.39 is 0 Å². The van der Waals surface area contributed by atoms with Gasteiger partial charge in [0.15, 0.2) is 5.78 Å². The molecule has 92 valence electrons. The second kappa shape index (κ2) is 5.58. The van der Waals surface area contributed by atoms with Crippen LogP contribution in [0.4, 0.5) is 4.39 Å². The molecule has 0 bridgehead atoms. The third-order valence-corrected chi connectivity index (χ3v) is 3.03. The maximum Gasteiger partial charge on any atom is 0.163 e. The normalized spacial score (nSPS) is 12.1. The zero-order chi connectivity index (χ0) is 13.0. The summed E-state index contributed by atoms with van der Waals surface area (Å²) < 4.78 is 12.8. The van der Waals surface area contributed by atoms with E-state index in [1.165, 1.54) is 12.1 Å². The smallest absolute Gasteiger partial charge is 0.163 e. The molecule has 2 aromatic carbocycles. The van der Waals surface area contributed by atoms with Crippen LogP contribution < -0.4 is 0 Å². The molecule has 18 heavy (non-hydrogen) atoms. The van der Waals surface area contributed by atoms with Gasteiger partial charge < -0.3 is 0 Å². The van der Waals surface area contributed by atoms with Crippen molar-refractivity contribution in [3.05, 3.63) is 71.5 Å². The highest BCUT2D eigenvalue weighted by Crippen LogP contribution is 2.21. The van der Waals surface area contributed by atoms with E-state index in [-0.39, 0.29) is 17.5 Å². The van der Waals surface area contributed by atoms with Crippen molar-refractivity contribution in [3.63, 3.8) is 0 Å². The summed E-state index contributed by atoms with van der Waals surface area (Å²) in [6.45, 7) is 1.98. The molecule has 2 aromatic rings. The molecule has 0 aliphatic rings. The lowest BCUT2D eigenvalue weighted by atomic mass is 9.93. The summed E-state index contributed by atoms with van der Waals surface area (Å²) in [5.74, 6) is -0.0360. The van der Waals surface area contributed by atoms with E-state index in [2.05, 4.69) is 0 Å². The number of halogens is 1. The van der Waals surface area contributed by atoms with Gasteiger partial charge in [-0.3, -0.25) is 4.79 Å². The first kappa shape index (κ1) is 12.5. The van der Waals surface area contributed by atoms with Crippen molar-refractivity contribution in [2.24, 2.45) is 0 Å². The molecule has 0 saturated carbocycles. The van der Waals surface area contributed by atoms with E-state index in [9.17, 15) is 9.18 Å². The monoisotopic (exact) mass is 242 g/mol. The second-order valence-corrected chi connectivity index (χ2v) is 4.45. The van der Waals surface area contributed by atoms with E-state index in [1.807, 2.05) is 37.3 Å². The highest BCUT2D eigenvalue weighted by atomic mass is 19.1. The predicted molar refractivity (Wildman–Crippen MR) is 70.2 cm³/mol. The molecule has 1 nitrogen and oxygen atoms in total. The lowest BCUT2D eigenvalue weighted by Gasteiger charge is -2.11. The molecule has 0 heterocycles. The molecule has 0 N–H and O–H groups in total. The summed E-state index contributed by atoms with van der Waals surface area (Å²) in [7, 11) is 0. The van der Waals surface area contributed by atoms with Crippen LogP contribution in [0.25, 0.3) is 0 Å². The summed E-state index contributed by atoms with van der Waals surface area (Å²) in [4.78, 5) is 12.0. The van der Waals surface area contributed by atoms with Crippen molar-refractivity contribution in [1.82, 2.24) is 0 Å². The van der Waals surface area contributed by atoms with Crippen molar-refractivity contribution in [2.75, 3.05) is 0 Å². The van der Waals surface area contributed by atoms with Gasteiger partial charge in [-0.1, -0.05) is 49.4 Å². The lowest BCUT2D eigenvalue weighted by molar-refractivity contribution is 0.0975. The molecule has 0 fully saturated rings. The fourth-order valence-electron chi connectivity index (χ4n) is 1.93. The Balaban J connectivity index is 2.06. The van der Waals surface area contributed by atoms with E-state index in [4.69, 9.17) is 0 Å². The first-order valence-corrected chi connectivity index (χ1v) is 6.00. The molecule has 1 unspecified atom stereocenters. The first-order chi connectivity index (χ1) is 8.66. The van der Waals surface area contributed by atoms with Gasteiger partial charge in [0, 0.05) is 12.0 Å². The number of hydrogen-bond donors (Lipinski definition) is 0. The van der Waals surface area contributed by atoms with Gasteiger partial charge in [-0.15, -0.1) is 0 Å². The molecule has 1 atom stereocenters. The third-order valence-electron chi connectivity index (χ3n) is 3.03. The minimum atomic E-state index is -0.250. The largest absolute Gasteiger partial charge is 0.294 e. The number of carbonyl (C=O) groups excluding carboxylic acids is 1. The average Bonchev–Trinajstić information content (AvgIpc) is 2.40. The van der Waals surface area contributed by atoms with Gasteiger partial charge in [-0.05, 0) is 23.6 Å². The van der Waals surface area contributed by atoms with E-state index in [0.717, 1.165) is 11.1 Å². The van der Waals surface area contributed by atoms with Gasteiger partial charge in [0.25, 0.3) is 0 Å². The Hall–Kier alpha value is -1.96. The number of benzene rings is 2. The molecular weight excluding hydrogens is 227 g/mol. The number of rotatable bonds is 4. The van der Waals surface area contributed by atoms with Gasteiger partial charge in [0.05, 0.1) is 0 Å². The van der Waals surface area contributed by atoms with Crippen molar-refractivity contribution in [3.8, 4) is 0 Å². The molecule has 2 heteroatoms. The molecule has 0 aliphatic heterocycles. The van der Waals surface area contributed by atoms with Gasteiger partial charge in [-0.25, -0.2) is 4.39 Å². The van der Waals surface area contributed by atoms with Gasteiger partial charge in [-0.2, -0.15) is 0 Å². The van der Waals surface area contributed by atoms with E-state index in [0.29, 0.717) is 6.42 Å². The highest BCUT2D eigenvalue weighted by Gasteiger charge is 2.12. The van der Waals surface area contributed by atoms with Crippen molar-refractivity contribution < 1.29 is 9.18 Å². The molecule has 0 aromatic heterocycles. The summed E-state index contributed by atoms with van der Waals surface area (Å²) in [5.41, 5.74) is 1.71. The van der Waals surface area contributed by atoms with E-state index >= 15 is 0 Å². The number of hydrogen-bond acceptors (Lipinski definition) is 1. The SMILES string of the molecule is CC(CC(=O)c1ccccc1)c1ccc(F)cc1.